The molecule has 0 bridgehead atoms. The minimum atomic E-state index is -4.20. The molecule has 1 N–H and O–H groups in total. The molecule has 1 rings (SSSR count). The van der Waals surface area contributed by atoms with Gasteiger partial charge in [-0.2, -0.15) is 13.2 Å². The summed E-state index contributed by atoms with van der Waals surface area (Å²) in [5, 5.41) is 3.14. The molecule has 0 radical (unpaired) electrons. The molecular weight excluding hydrogens is 274 g/mol. The van der Waals surface area contributed by atoms with Crippen LogP contribution in [0.15, 0.2) is 18.3 Å². The summed E-state index contributed by atoms with van der Waals surface area (Å²) in [5.41, 5.74) is 0.633. The van der Waals surface area contributed by atoms with Gasteiger partial charge in [-0.1, -0.05) is 6.92 Å². The number of pyridine rings is 1. The number of aromatic nitrogens is 1. The van der Waals surface area contributed by atoms with Crippen molar-refractivity contribution in [3.05, 3.63) is 29.8 Å². The average Bonchev–Trinajstić information content (AvgIpc) is 2.33. The highest BCUT2D eigenvalue weighted by Crippen LogP contribution is 2.18. The van der Waals surface area contributed by atoms with Gasteiger partial charge in [0, 0.05) is 6.54 Å². The Hall–Kier alpha value is -1.21. The quantitative estimate of drug-likeness (QED) is 0.784. The fourth-order valence-corrected chi connectivity index (χ4v) is 1.93. The van der Waals surface area contributed by atoms with Gasteiger partial charge in [0.05, 0.1) is 24.5 Å². The van der Waals surface area contributed by atoms with Crippen LogP contribution in [0.25, 0.3) is 0 Å². The van der Waals surface area contributed by atoms with E-state index < -0.39 is 18.5 Å². The Bertz CT molecular complexity index is 392. The van der Waals surface area contributed by atoms with E-state index in [1.807, 2.05) is 6.92 Å². The minimum absolute atomic E-state index is 0.184. The fourth-order valence-electron chi connectivity index (χ4n) is 1.93. The summed E-state index contributed by atoms with van der Waals surface area (Å²) < 4.78 is 49.5. The SMILES string of the molecule is CCNC(CCN(C)CC(F)(F)F)c1ccc(F)cn1. The van der Waals surface area contributed by atoms with E-state index in [9.17, 15) is 17.6 Å². The predicted molar refractivity (Wildman–Crippen MR) is 68.8 cm³/mol. The van der Waals surface area contributed by atoms with Crippen LogP contribution in [0.4, 0.5) is 17.6 Å². The van der Waals surface area contributed by atoms with Crippen LogP contribution in [0.5, 0.6) is 0 Å². The topological polar surface area (TPSA) is 28.2 Å². The van der Waals surface area contributed by atoms with Crippen LogP contribution in [-0.4, -0.2) is 42.7 Å². The smallest absolute Gasteiger partial charge is 0.309 e. The average molecular weight is 293 g/mol. The zero-order chi connectivity index (χ0) is 15.2. The molecule has 20 heavy (non-hydrogen) atoms. The maximum atomic E-state index is 12.8. The number of hydrogen-bond donors (Lipinski definition) is 1. The third-order valence-corrected chi connectivity index (χ3v) is 2.81. The van der Waals surface area contributed by atoms with Crippen molar-refractivity contribution >= 4 is 0 Å². The molecule has 0 saturated carbocycles. The van der Waals surface area contributed by atoms with Crippen molar-refractivity contribution in [3.8, 4) is 0 Å². The minimum Gasteiger partial charge on any atom is -0.309 e. The van der Waals surface area contributed by atoms with Gasteiger partial charge in [-0.05, 0) is 32.1 Å². The maximum absolute atomic E-state index is 12.8. The van der Waals surface area contributed by atoms with E-state index in [1.54, 1.807) is 6.07 Å². The second-order valence-electron chi connectivity index (χ2n) is 4.65. The summed E-state index contributed by atoms with van der Waals surface area (Å²) in [6.45, 7) is 1.89. The lowest BCUT2D eigenvalue weighted by Crippen LogP contribution is -2.34. The molecule has 0 aromatic carbocycles. The van der Waals surface area contributed by atoms with Gasteiger partial charge in [-0.25, -0.2) is 4.39 Å². The third-order valence-electron chi connectivity index (χ3n) is 2.81. The third kappa shape index (κ3) is 6.29. The van der Waals surface area contributed by atoms with E-state index in [0.29, 0.717) is 18.7 Å². The number of nitrogens with zero attached hydrogens (tertiary/aromatic N) is 2. The van der Waals surface area contributed by atoms with Crippen molar-refractivity contribution in [2.24, 2.45) is 0 Å². The molecule has 0 aliphatic heterocycles. The van der Waals surface area contributed by atoms with Crippen LogP contribution in [0.1, 0.15) is 25.1 Å². The van der Waals surface area contributed by atoms with Gasteiger partial charge in [0.1, 0.15) is 5.82 Å². The Morgan fingerprint density at radius 2 is 2.05 bits per heavy atom. The van der Waals surface area contributed by atoms with Crippen molar-refractivity contribution in [3.63, 3.8) is 0 Å². The monoisotopic (exact) mass is 293 g/mol. The van der Waals surface area contributed by atoms with E-state index >= 15 is 0 Å². The summed E-state index contributed by atoms with van der Waals surface area (Å²) in [6, 6.07) is 2.66. The van der Waals surface area contributed by atoms with Gasteiger partial charge in [0.2, 0.25) is 0 Å². The second kappa shape index (κ2) is 7.54. The number of nitrogens with one attached hydrogen (secondary N) is 1. The zero-order valence-electron chi connectivity index (χ0n) is 11.5. The van der Waals surface area contributed by atoms with E-state index in [-0.39, 0.29) is 12.6 Å². The fraction of sp³-hybridized carbons (Fsp3) is 0.615. The van der Waals surface area contributed by atoms with Gasteiger partial charge in [0.15, 0.2) is 0 Å². The summed E-state index contributed by atoms with van der Waals surface area (Å²) in [4.78, 5) is 5.19. The van der Waals surface area contributed by atoms with Crippen molar-refractivity contribution in [1.82, 2.24) is 15.2 Å². The summed E-state index contributed by atoms with van der Waals surface area (Å²) in [6.07, 6.45) is -2.62. The van der Waals surface area contributed by atoms with Gasteiger partial charge < -0.3 is 5.32 Å². The number of halogens is 4. The first kappa shape index (κ1) is 16.8. The standard InChI is InChI=1S/C13H19F4N3/c1-3-18-12(11-5-4-10(14)8-19-11)6-7-20(2)9-13(15,16)17/h4-5,8,12,18H,3,6-7,9H2,1-2H3. The summed E-state index contributed by atoms with van der Waals surface area (Å²) in [5.74, 6) is -0.432. The zero-order valence-corrected chi connectivity index (χ0v) is 11.5. The molecule has 1 unspecified atom stereocenters. The second-order valence-corrected chi connectivity index (χ2v) is 4.65. The van der Waals surface area contributed by atoms with Crippen molar-refractivity contribution in [2.45, 2.75) is 25.6 Å². The molecule has 7 heteroatoms. The van der Waals surface area contributed by atoms with Crippen LogP contribution < -0.4 is 5.32 Å². The first-order valence-corrected chi connectivity index (χ1v) is 6.42. The molecule has 3 nitrogen and oxygen atoms in total. The number of alkyl halides is 3. The molecule has 1 aromatic heterocycles. The Balaban J connectivity index is 2.57. The first-order valence-electron chi connectivity index (χ1n) is 6.42. The largest absolute Gasteiger partial charge is 0.401 e. The molecule has 1 aromatic rings. The Morgan fingerprint density at radius 3 is 2.55 bits per heavy atom. The normalized spacial score (nSPS) is 13.8. The molecule has 0 aliphatic rings. The van der Waals surface area contributed by atoms with Crippen LogP contribution in [0.3, 0.4) is 0 Å². The van der Waals surface area contributed by atoms with E-state index in [0.717, 1.165) is 6.20 Å². The highest BCUT2D eigenvalue weighted by molar-refractivity contribution is 5.09. The highest BCUT2D eigenvalue weighted by atomic mass is 19.4. The van der Waals surface area contributed by atoms with Crippen LogP contribution in [-0.2, 0) is 0 Å². The number of hydrogen-bond acceptors (Lipinski definition) is 3. The molecule has 1 atom stereocenters. The summed E-state index contributed by atoms with van der Waals surface area (Å²) in [7, 11) is 1.43. The molecule has 0 aliphatic carbocycles. The van der Waals surface area contributed by atoms with Crippen LogP contribution in [0.2, 0.25) is 0 Å². The highest BCUT2D eigenvalue weighted by Gasteiger charge is 2.29. The lowest BCUT2D eigenvalue weighted by molar-refractivity contribution is -0.143. The van der Waals surface area contributed by atoms with Crippen molar-refractivity contribution < 1.29 is 17.6 Å². The van der Waals surface area contributed by atoms with Gasteiger partial charge in [-0.15, -0.1) is 0 Å². The first-order chi connectivity index (χ1) is 9.31. The Kier molecular flexibility index (Phi) is 6.35. The Morgan fingerprint density at radius 1 is 1.35 bits per heavy atom. The van der Waals surface area contributed by atoms with Gasteiger partial charge in [-0.3, -0.25) is 9.88 Å². The molecule has 0 spiro atoms. The molecule has 0 saturated heterocycles. The van der Waals surface area contributed by atoms with Crippen molar-refractivity contribution in [2.75, 3.05) is 26.7 Å². The lowest BCUT2D eigenvalue weighted by atomic mass is 10.1. The Labute approximate surface area is 116 Å². The van der Waals surface area contributed by atoms with Gasteiger partial charge >= 0.3 is 6.18 Å². The van der Waals surface area contributed by atoms with E-state index in [1.165, 1.54) is 18.0 Å². The van der Waals surface area contributed by atoms with Crippen LogP contribution >= 0.6 is 0 Å². The molecule has 0 fully saturated rings. The molecule has 1 heterocycles. The molecule has 114 valence electrons. The van der Waals surface area contributed by atoms with Gasteiger partial charge in [0.25, 0.3) is 0 Å². The van der Waals surface area contributed by atoms with Crippen molar-refractivity contribution in [1.29, 1.82) is 0 Å². The van der Waals surface area contributed by atoms with Crippen LogP contribution in [0, 0.1) is 5.82 Å². The summed E-state index contributed by atoms with van der Waals surface area (Å²) >= 11 is 0. The molecular formula is C13H19F4N3. The number of rotatable bonds is 7. The van der Waals surface area contributed by atoms with E-state index in [4.69, 9.17) is 0 Å². The predicted octanol–water partition coefficient (Wildman–Crippen LogP) is 2.76. The lowest BCUT2D eigenvalue weighted by Gasteiger charge is -2.22. The van der Waals surface area contributed by atoms with E-state index in [2.05, 4.69) is 10.3 Å². The molecule has 0 amide bonds. The maximum Gasteiger partial charge on any atom is 0.401 e.